The molecule has 1 aromatic carbocycles. The minimum atomic E-state index is -0.224. The number of amides is 1. The van der Waals surface area contributed by atoms with Gasteiger partial charge in [0.1, 0.15) is 18.3 Å². The van der Waals surface area contributed by atoms with Crippen LogP contribution in [0.15, 0.2) is 41.6 Å². The molecule has 2 heterocycles. The van der Waals surface area contributed by atoms with E-state index in [9.17, 15) is 9.59 Å². The lowest BCUT2D eigenvalue weighted by molar-refractivity contribution is -0.153. The van der Waals surface area contributed by atoms with Gasteiger partial charge in [-0.2, -0.15) is 5.10 Å². The Morgan fingerprint density at radius 2 is 1.76 bits per heavy atom. The van der Waals surface area contributed by atoms with Crippen LogP contribution < -0.4 is 5.56 Å². The largest absolute Gasteiger partial charge is 0.331 e. The lowest BCUT2D eigenvalue weighted by Crippen LogP contribution is -2.61. The van der Waals surface area contributed by atoms with Crippen molar-refractivity contribution in [3.05, 3.63) is 57.7 Å². The van der Waals surface area contributed by atoms with Gasteiger partial charge in [0, 0.05) is 24.2 Å². The van der Waals surface area contributed by atoms with Crippen LogP contribution in [0.1, 0.15) is 44.1 Å². The van der Waals surface area contributed by atoms with Crippen molar-refractivity contribution in [2.75, 3.05) is 0 Å². The minimum Gasteiger partial charge on any atom is -0.331 e. The SMILES string of the molecule is Cn1ncc2c(=O)n(CC(=O)N(Cc3ccc(Cl)cc3)C34CC5CC(CC(C5)C3)C4)cnc21. The van der Waals surface area contributed by atoms with Crippen molar-refractivity contribution in [1.82, 2.24) is 24.2 Å². The fraction of sp³-hybridized carbons (Fsp3) is 0.520. The Morgan fingerprint density at radius 1 is 1.12 bits per heavy atom. The second-order valence-corrected chi connectivity index (χ2v) is 10.9. The molecule has 7 rings (SSSR count). The molecule has 4 aliphatic rings. The molecule has 4 aliphatic carbocycles. The molecule has 0 radical (unpaired) electrons. The summed E-state index contributed by atoms with van der Waals surface area (Å²) in [5, 5.41) is 5.26. The summed E-state index contributed by atoms with van der Waals surface area (Å²) in [4.78, 5) is 33.4. The zero-order valence-corrected chi connectivity index (χ0v) is 19.5. The molecule has 0 N–H and O–H groups in total. The summed E-state index contributed by atoms with van der Waals surface area (Å²) in [7, 11) is 1.76. The van der Waals surface area contributed by atoms with E-state index in [1.165, 1.54) is 36.4 Å². The van der Waals surface area contributed by atoms with Crippen LogP contribution in [-0.4, -0.2) is 35.7 Å². The van der Waals surface area contributed by atoms with Crippen LogP contribution in [-0.2, 0) is 24.9 Å². The van der Waals surface area contributed by atoms with E-state index in [4.69, 9.17) is 11.6 Å². The van der Waals surface area contributed by atoms with E-state index < -0.39 is 0 Å². The predicted molar refractivity (Wildman–Crippen MR) is 126 cm³/mol. The Bertz CT molecular complexity index is 1240. The number of benzene rings is 1. The third-order valence-corrected chi connectivity index (χ3v) is 8.41. The molecule has 0 unspecified atom stereocenters. The van der Waals surface area contributed by atoms with Crippen molar-refractivity contribution in [2.45, 2.75) is 57.2 Å². The Hall–Kier alpha value is -2.67. The van der Waals surface area contributed by atoms with Gasteiger partial charge in [-0.25, -0.2) is 4.98 Å². The molecular weight excluding hydrogens is 438 g/mol. The molecule has 8 heteroatoms. The molecule has 0 aliphatic heterocycles. The number of carbonyl (C=O) groups excluding carboxylic acids is 1. The van der Waals surface area contributed by atoms with E-state index in [0.29, 0.717) is 40.4 Å². The van der Waals surface area contributed by atoms with Crippen molar-refractivity contribution >= 4 is 28.5 Å². The van der Waals surface area contributed by atoms with Gasteiger partial charge in [0.15, 0.2) is 5.65 Å². The molecule has 1 amide bonds. The normalized spacial score (nSPS) is 27.9. The molecule has 2 aromatic heterocycles. The van der Waals surface area contributed by atoms with Gasteiger partial charge in [0.2, 0.25) is 5.91 Å². The van der Waals surface area contributed by atoms with Crippen LogP contribution in [0.3, 0.4) is 0 Å². The van der Waals surface area contributed by atoms with Crippen LogP contribution in [0.25, 0.3) is 11.0 Å². The molecule has 4 saturated carbocycles. The summed E-state index contributed by atoms with van der Waals surface area (Å²) in [6, 6.07) is 7.76. The number of aromatic nitrogens is 4. The van der Waals surface area contributed by atoms with Crippen molar-refractivity contribution in [3.8, 4) is 0 Å². The number of fused-ring (bicyclic) bond motifs is 1. The van der Waals surface area contributed by atoms with Crippen molar-refractivity contribution in [3.63, 3.8) is 0 Å². The Morgan fingerprint density at radius 3 is 2.39 bits per heavy atom. The lowest BCUT2D eigenvalue weighted by atomic mass is 9.52. The first-order valence-corrected chi connectivity index (χ1v) is 12.2. The first kappa shape index (κ1) is 20.9. The maximum Gasteiger partial charge on any atom is 0.264 e. The third kappa shape index (κ3) is 3.57. The first-order valence-electron chi connectivity index (χ1n) is 11.8. The van der Waals surface area contributed by atoms with Gasteiger partial charge in [-0.15, -0.1) is 0 Å². The van der Waals surface area contributed by atoms with Crippen molar-refractivity contribution in [1.29, 1.82) is 0 Å². The van der Waals surface area contributed by atoms with Crippen LogP contribution in [0.5, 0.6) is 0 Å². The molecule has 3 aromatic rings. The van der Waals surface area contributed by atoms with E-state index in [1.807, 2.05) is 24.3 Å². The number of nitrogens with zero attached hydrogens (tertiary/aromatic N) is 5. The van der Waals surface area contributed by atoms with E-state index in [2.05, 4.69) is 15.0 Å². The Balaban J connectivity index is 1.35. The predicted octanol–water partition coefficient (Wildman–Crippen LogP) is 3.78. The summed E-state index contributed by atoms with van der Waals surface area (Å²) in [5.74, 6) is 2.13. The molecule has 0 spiro atoms. The molecule has 172 valence electrons. The number of rotatable bonds is 5. The maximum atomic E-state index is 13.9. The van der Waals surface area contributed by atoms with Gasteiger partial charge in [0.05, 0.1) is 6.20 Å². The van der Waals surface area contributed by atoms with Gasteiger partial charge < -0.3 is 4.90 Å². The monoisotopic (exact) mass is 465 g/mol. The summed E-state index contributed by atoms with van der Waals surface area (Å²) < 4.78 is 3.01. The molecule has 0 atom stereocenters. The number of hydrogen-bond acceptors (Lipinski definition) is 4. The average Bonchev–Trinajstić information content (AvgIpc) is 3.15. The Labute approximate surface area is 197 Å². The van der Waals surface area contributed by atoms with Gasteiger partial charge >= 0.3 is 0 Å². The molecule has 33 heavy (non-hydrogen) atoms. The lowest BCUT2D eigenvalue weighted by Gasteiger charge is -2.60. The second-order valence-electron chi connectivity index (χ2n) is 10.4. The van der Waals surface area contributed by atoms with Gasteiger partial charge in [0.25, 0.3) is 5.56 Å². The molecule has 7 nitrogen and oxygen atoms in total. The summed E-state index contributed by atoms with van der Waals surface area (Å²) in [6.45, 7) is 0.533. The van der Waals surface area contributed by atoms with Crippen LogP contribution >= 0.6 is 11.6 Å². The van der Waals surface area contributed by atoms with Crippen molar-refractivity contribution in [2.24, 2.45) is 24.8 Å². The highest BCUT2D eigenvalue weighted by molar-refractivity contribution is 6.30. The molecule has 0 saturated heterocycles. The fourth-order valence-corrected chi connectivity index (χ4v) is 7.22. The highest BCUT2D eigenvalue weighted by Crippen LogP contribution is 2.58. The standard InChI is InChI=1S/C25H28ClN5O2/c1-29-23-21(12-28-29)24(33)30(15-27-23)14-22(32)31(13-16-2-4-20(26)5-3-16)25-9-17-6-18(10-25)8-19(7-17)11-25/h2-5,12,15,17-19H,6-11,13-14H2,1H3. The molecule has 4 bridgehead atoms. The fourth-order valence-electron chi connectivity index (χ4n) is 7.10. The minimum absolute atomic E-state index is 0.00793. The van der Waals surface area contributed by atoms with E-state index in [-0.39, 0.29) is 23.6 Å². The maximum absolute atomic E-state index is 13.9. The van der Waals surface area contributed by atoms with Gasteiger partial charge in [-0.3, -0.25) is 18.8 Å². The molecule has 4 fully saturated rings. The summed E-state index contributed by atoms with van der Waals surface area (Å²) in [5.41, 5.74) is 1.26. The molecular formula is C25H28ClN5O2. The topological polar surface area (TPSA) is 73.0 Å². The smallest absolute Gasteiger partial charge is 0.264 e. The first-order chi connectivity index (χ1) is 15.9. The van der Waals surface area contributed by atoms with E-state index in [1.54, 1.807) is 11.7 Å². The quantitative estimate of drug-likeness (QED) is 0.574. The third-order valence-electron chi connectivity index (χ3n) is 8.16. The highest BCUT2D eigenvalue weighted by Gasteiger charge is 2.54. The van der Waals surface area contributed by atoms with Gasteiger partial charge in [-0.1, -0.05) is 23.7 Å². The Kier molecular flexibility index (Phi) is 4.87. The van der Waals surface area contributed by atoms with Gasteiger partial charge in [-0.05, 0) is 74.0 Å². The number of halogens is 1. The zero-order chi connectivity index (χ0) is 22.7. The van der Waals surface area contributed by atoms with Crippen LogP contribution in [0.4, 0.5) is 0 Å². The van der Waals surface area contributed by atoms with Crippen LogP contribution in [0, 0.1) is 17.8 Å². The number of aryl methyl sites for hydroxylation is 1. The highest BCUT2D eigenvalue weighted by atomic mass is 35.5. The average molecular weight is 466 g/mol. The summed E-state index contributed by atoms with van der Waals surface area (Å²) in [6.07, 6.45) is 10.2. The van der Waals surface area contributed by atoms with E-state index in [0.717, 1.165) is 24.8 Å². The number of hydrogen-bond donors (Lipinski definition) is 0. The second kappa shape index (κ2) is 7.69. The zero-order valence-electron chi connectivity index (χ0n) is 18.8. The number of carbonyl (C=O) groups is 1. The van der Waals surface area contributed by atoms with E-state index >= 15 is 0 Å². The van der Waals surface area contributed by atoms with Crippen LogP contribution in [0.2, 0.25) is 5.02 Å². The van der Waals surface area contributed by atoms with Crippen molar-refractivity contribution < 1.29 is 4.79 Å². The summed E-state index contributed by atoms with van der Waals surface area (Å²) >= 11 is 6.11.